The molecule has 0 saturated carbocycles. The molecule has 0 aliphatic rings. The molecule has 76 valence electrons. The highest BCUT2D eigenvalue weighted by atomic mass is 127. The van der Waals surface area contributed by atoms with Crippen LogP contribution in [0, 0.1) is 17.3 Å². The van der Waals surface area contributed by atoms with Gasteiger partial charge in [-0.05, 0) is 52.1 Å². The SMILES string of the molecule is CCOc1c(I)cc([N+](=O)[O-])cc1I. The fraction of sp³-hybridized carbons (Fsp3) is 0.250. The van der Waals surface area contributed by atoms with E-state index in [-0.39, 0.29) is 5.69 Å². The van der Waals surface area contributed by atoms with E-state index < -0.39 is 4.92 Å². The van der Waals surface area contributed by atoms with Crippen molar-refractivity contribution >= 4 is 50.9 Å². The molecule has 14 heavy (non-hydrogen) atoms. The predicted molar refractivity (Wildman–Crippen MR) is 69.7 cm³/mol. The van der Waals surface area contributed by atoms with Crippen molar-refractivity contribution in [3.05, 3.63) is 29.4 Å². The zero-order valence-electron chi connectivity index (χ0n) is 7.29. The van der Waals surface area contributed by atoms with Crippen molar-refractivity contribution in [3.8, 4) is 5.75 Å². The van der Waals surface area contributed by atoms with Crippen LogP contribution in [0.3, 0.4) is 0 Å². The topological polar surface area (TPSA) is 52.4 Å². The van der Waals surface area contributed by atoms with E-state index in [1.54, 1.807) is 0 Å². The largest absolute Gasteiger partial charge is 0.492 e. The highest BCUT2D eigenvalue weighted by Gasteiger charge is 2.14. The van der Waals surface area contributed by atoms with Crippen LogP contribution in [0.2, 0.25) is 0 Å². The molecule has 1 rings (SSSR count). The van der Waals surface area contributed by atoms with E-state index in [9.17, 15) is 10.1 Å². The lowest BCUT2D eigenvalue weighted by Crippen LogP contribution is -1.98. The van der Waals surface area contributed by atoms with Crippen LogP contribution in [-0.2, 0) is 0 Å². The number of rotatable bonds is 3. The fourth-order valence-corrected chi connectivity index (χ4v) is 2.98. The fourth-order valence-electron chi connectivity index (χ4n) is 0.934. The molecular formula is C8H7I2NO3. The molecular weight excluding hydrogens is 412 g/mol. The van der Waals surface area contributed by atoms with Gasteiger partial charge in [-0.2, -0.15) is 0 Å². The Morgan fingerprint density at radius 3 is 2.29 bits per heavy atom. The van der Waals surface area contributed by atoms with Crippen molar-refractivity contribution in [1.82, 2.24) is 0 Å². The molecule has 6 heteroatoms. The molecule has 0 N–H and O–H groups in total. The number of hydrogen-bond donors (Lipinski definition) is 0. The zero-order chi connectivity index (χ0) is 10.7. The Balaban J connectivity index is 3.18. The number of nitro groups is 1. The van der Waals surface area contributed by atoms with Gasteiger partial charge in [-0.3, -0.25) is 10.1 Å². The maximum absolute atomic E-state index is 10.5. The second-order valence-corrected chi connectivity index (χ2v) is 4.75. The zero-order valence-corrected chi connectivity index (χ0v) is 11.6. The Morgan fingerprint density at radius 2 is 1.93 bits per heavy atom. The second-order valence-electron chi connectivity index (χ2n) is 2.43. The van der Waals surface area contributed by atoms with E-state index in [0.29, 0.717) is 6.61 Å². The Kier molecular flexibility index (Phi) is 4.35. The van der Waals surface area contributed by atoms with E-state index in [1.165, 1.54) is 12.1 Å². The summed E-state index contributed by atoms with van der Waals surface area (Å²) >= 11 is 4.07. The van der Waals surface area contributed by atoms with Crippen molar-refractivity contribution in [2.75, 3.05) is 6.61 Å². The standard InChI is InChI=1S/C8H7I2NO3/c1-2-14-8-6(9)3-5(11(12)13)4-7(8)10/h3-4H,2H2,1H3. The van der Waals surface area contributed by atoms with Crippen LogP contribution in [0.15, 0.2) is 12.1 Å². The van der Waals surface area contributed by atoms with Crippen LogP contribution in [0.5, 0.6) is 5.75 Å². The van der Waals surface area contributed by atoms with Gasteiger partial charge in [0.15, 0.2) is 0 Å². The number of nitro benzene ring substituents is 1. The van der Waals surface area contributed by atoms with Crippen molar-refractivity contribution in [2.45, 2.75) is 6.92 Å². The Hall–Kier alpha value is -0.120. The van der Waals surface area contributed by atoms with Crippen LogP contribution in [-0.4, -0.2) is 11.5 Å². The molecule has 0 aliphatic carbocycles. The minimum absolute atomic E-state index is 0.0993. The van der Waals surface area contributed by atoms with Gasteiger partial charge in [-0.15, -0.1) is 0 Å². The third-order valence-electron chi connectivity index (χ3n) is 1.48. The highest BCUT2D eigenvalue weighted by Crippen LogP contribution is 2.31. The van der Waals surface area contributed by atoms with Crippen LogP contribution < -0.4 is 4.74 Å². The van der Waals surface area contributed by atoms with Gasteiger partial charge in [0.2, 0.25) is 0 Å². The van der Waals surface area contributed by atoms with Gasteiger partial charge in [0.25, 0.3) is 5.69 Å². The molecule has 0 spiro atoms. The Bertz CT molecular complexity index is 345. The first-order chi connectivity index (χ1) is 6.56. The first-order valence-electron chi connectivity index (χ1n) is 3.82. The van der Waals surface area contributed by atoms with Crippen molar-refractivity contribution in [3.63, 3.8) is 0 Å². The van der Waals surface area contributed by atoms with Crippen LogP contribution in [0.4, 0.5) is 5.69 Å². The summed E-state index contributed by atoms with van der Waals surface area (Å²) in [5.41, 5.74) is 0.0993. The quantitative estimate of drug-likeness (QED) is 0.430. The Labute approximate surface area is 108 Å². The molecule has 0 aromatic heterocycles. The average molecular weight is 419 g/mol. The van der Waals surface area contributed by atoms with Gasteiger partial charge in [0.05, 0.1) is 18.7 Å². The lowest BCUT2D eigenvalue weighted by molar-refractivity contribution is -0.385. The molecule has 0 unspecified atom stereocenters. The maximum Gasteiger partial charge on any atom is 0.271 e. The van der Waals surface area contributed by atoms with Gasteiger partial charge in [0, 0.05) is 12.1 Å². The third kappa shape index (κ3) is 2.69. The van der Waals surface area contributed by atoms with Gasteiger partial charge in [0.1, 0.15) is 5.75 Å². The predicted octanol–water partition coefficient (Wildman–Crippen LogP) is 3.20. The minimum atomic E-state index is -0.403. The van der Waals surface area contributed by atoms with Gasteiger partial charge >= 0.3 is 0 Å². The monoisotopic (exact) mass is 419 g/mol. The minimum Gasteiger partial charge on any atom is -0.492 e. The van der Waals surface area contributed by atoms with Gasteiger partial charge in [-0.1, -0.05) is 0 Å². The summed E-state index contributed by atoms with van der Waals surface area (Å²) in [6.45, 7) is 2.44. The lowest BCUT2D eigenvalue weighted by atomic mass is 10.3. The summed E-state index contributed by atoms with van der Waals surface area (Å²) in [6.07, 6.45) is 0. The van der Waals surface area contributed by atoms with Gasteiger partial charge in [-0.25, -0.2) is 0 Å². The summed E-state index contributed by atoms with van der Waals surface area (Å²) in [5.74, 6) is 0.722. The molecule has 0 fully saturated rings. The third-order valence-corrected chi connectivity index (χ3v) is 3.09. The number of non-ortho nitro benzene ring substituents is 1. The molecule has 0 aliphatic heterocycles. The maximum atomic E-state index is 10.5. The molecule has 0 saturated heterocycles. The lowest BCUT2D eigenvalue weighted by Gasteiger charge is -2.07. The average Bonchev–Trinajstić information content (AvgIpc) is 2.10. The first-order valence-corrected chi connectivity index (χ1v) is 5.98. The van der Waals surface area contributed by atoms with Crippen molar-refractivity contribution < 1.29 is 9.66 Å². The molecule has 1 aromatic carbocycles. The highest BCUT2D eigenvalue weighted by molar-refractivity contribution is 14.1. The van der Waals surface area contributed by atoms with Crippen molar-refractivity contribution in [1.29, 1.82) is 0 Å². The first kappa shape index (κ1) is 12.0. The Morgan fingerprint density at radius 1 is 1.43 bits per heavy atom. The summed E-state index contributed by atoms with van der Waals surface area (Å²) < 4.78 is 6.90. The number of ether oxygens (including phenoxy) is 1. The summed E-state index contributed by atoms with van der Waals surface area (Å²) in [5, 5.41) is 10.5. The van der Waals surface area contributed by atoms with Crippen LogP contribution >= 0.6 is 45.2 Å². The van der Waals surface area contributed by atoms with E-state index in [2.05, 4.69) is 0 Å². The molecule has 0 amide bonds. The molecule has 4 nitrogen and oxygen atoms in total. The van der Waals surface area contributed by atoms with Crippen LogP contribution in [0.25, 0.3) is 0 Å². The number of nitrogens with zero attached hydrogens (tertiary/aromatic N) is 1. The normalized spacial score (nSPS) is 9.93. The molecule has 0 atom stereocenters. The molecule has 0 heterocycles. The van der Waals surface area contributed by atoms with Crippen LogP contribution in [0.1, 0.15) is 6.92 Å². The smallest absolute Gasteiger partial charge is 0.271 e. The van der Waals surface area contributed by atoms with E-state index >= 15 is 0 Å². The summed E-state index contributed by atoms with van der Waals surface area (Å²) in [7, 11) is 0. The van der Waals surface area contributed by atoms with E-state index in [1.807, 2.05) is 52.1 Å². The molecule has 0 bridgehead atoms. The number of benzene rings is 1. The summed E-state index contributed by atoms with van der Waals surface area (Å²) in [6, 6.07) is 3.02. The number of hydrogen-bond acceptors (Lipinski definition) is 3. The molecule has 0 radical (unpaired) electrons. The molecule has 1 aromatic rings. The number of halogens is 2. The van der Waals surface area contributed by atoms with Gasteiger partial charge < -0.3 is 4.74 Å². The van der Waals surface area contributed by atoms with Crippen molar-refractivity contribution in [2.24, 2.45) is 0 Å². The second kappa shape index (κ2) is 5.10. The summed E-state index contributed by atoms with van der Waals surface area (Å²) in [4.78, 5) is 10.1. The van der Waals surface area contributed by atoms with E-state index in [0.717, 1.165) is 12.9 Å². The van der Waals surface area contributed by atoms with E-state index in [4.69, 9.17) is 4.74 Å².